The predicted molar refractivity (Wildman–Crippen MR) is 80.3 cm³/mol. The van der Waals surface area contributed by atoms with Crippen molar-refractivity contribution >= 4 is 34.6 Å². The van der Waals surface area contributed by atoms with E-state index in [2.05, 4.69) is 10.7 Å². The molecule has 0 heterocycles. The van der Waals surface area contributed by atoms with Gasteiger partial charge in [-0.05, 0) is 24.3 Å². The van der Waals surface area contributed by atoms with Gasteiger partial charge >= 0.3 is 0 Å². The quantitative estimate of drug-likeness (QED) is 0.457. The largest absolute Gasteiger partial charge is 0.324 e. The first-order valence-corrected chi connectivity index (χ1v) is 6.21. The molecule has 1 amide bonds. The van der Waals surface area contributed by atoms with Crippen LogP contribution in [-0.4, -0.2) is 10.8 Å². The van der Waals surface area contributed by atoms with Crippen LogP contribution in [0.15, 0.2) is 42.5 Å². The van der Waals surface area contributed by atoms with Gasteiger partial charge < -0.3 is 10.7 Å². The van der Waals surface area contributed by atoms with Gasteiger partial charge in [0, 0.05) is 11.8 Å². The molecule has 0 fully saturated rings. The Balaban J connectivity index is 2.38. The van der Waals surface area contributed by atoms with Gasteiger partial charge in [0.05, 0.1) is 15.6 Å². The van der Waals surface area contributed by atoms with Gasteiger partial charge in [0.1, 0.15) is 5.56 Å². The molecule has 0 spiro atoms. The predicted octanol–water partition coefficient (Wildman–Crippen LogP) is 2.79. The minimum absolute atomic E-state index is 0.115. The third-order valence-electron chi connectivity index (χ3n) is 2.73. The van der Waals surface area contributed by atoms with E-state index in [1.165, 1.54) is 18.2 Å². The van der Waals surface area contributed by atoms with Crippen LogP contribution in [0.1, 0.15) is 10.4 Å². The highest BCUT2D eigenvalue weighted by Gasteiger charge is 2.21. The number of nitrogens with two attached hydrogens (primary N) is 1. The van der Waals surface area contributed by atoms with E-state index in [0.29, 0.717) is 16.4 Å². The van der Waals surface area contributed by atoms with Crippen molar-refractivity contribution in [1.29, 1.82) is 0 Å². The number of para-hydroxylation sites is 1. The first-order valence-electron chi connectivity index (χ1n) is 5.84. The number of hydrazine groups is 1. The summed E-state index contributed by atoms with van der Waals surface area (Å²) < 4.78 is 0. The molecular weight excluding hydrogens is 296 g/mol. The lowest BCUT2D eigenvalue weighted by molar-refractivity contribution is -0.385. The van der Waals surface area contributed by atoms with Crippen molar-refractivity contribution in [3.63, 3.8) is 0 Å². The summed E-state index contributed by atoms with van der Waals surface area (Å²) in [5.74, 6) is 4.60. The van der Waals surface area contributed by atoms with Crippen LogP contribution < -0.4 is 16.6 Å². The second-order valence-electron chi connectivity index (χ2n) is 4.07. The molecule has 7 nitrogen and oxygen atoms in total. The van der Waals surface area contributed by atoms with E-state index in [1.807, 2.05) is 0 Å². The molecule has 0 radical (unpaired) electrons. The highest BCUT2D eigenvalue weighted by Crippen LogP contribution is 2.25. The van der Waals surface area contributed by atoms with Crippen LogP contribution in [-0.2, 0) is 0 Å². The number of halogens is 1. The summed E-state index contributed by atoms with van der Waals surface area (Å²) in [6.07, 6.45) is 0. The van der Waals surface area contributed by atoms with Crippen LogP contribution >= 0.6 is 11.6 Å². The molecule has 0 atom stereocenters. The summed E-state index contributed by atoms with van der Waals surface area (Å²) >= 11 is 5.94. The number of nitro benzene ring substituents is 1. The molecule has 8 heteroatoms. The van der Waals surface area contributed by atoms with Crippen LogP contribution in [0.25, 0.3) is 0 Å². The van der Waals surface area contributed by atoms with Gasteiger partial charge in [-0.2, -0.15) is 0 Å². The van der Waals surface area contributed by atoms with Crippen molar-refractivity contribution in [2.75, 3.05) is 10.7 Å². The van der Waals surface area contributed by atoms with Gasteiger partial charge in [0.15, 0.2) is 0 Å². The summed E-state index contributed by atoms with van der Waals surface area (Å²) in [6, 6.07) is 10.5. The standard InChI is InChI=1S/C13H11ClN4O3/c14-10-3-1-2-4-11(10)16-13(19)9-7-8(17-15)5-6-12(9)18(20)21/h1-7,17H,15H2,(H,16,19). The van der Waals surface area contributed by atoms with Gasteiger partial charge in [-0.1, -0.05) is 23.7 Å². The first kappa shape index (κ1) is 14.8. The van der Waals surface area contributed by atoms with Gasteiger partial charge in [0.2, 0.25) is 0 Å². The fraction of sp³-hybridized carbons (Fsp3) is 0. The maximum absolute atomic E-state index is 12.2. The lowest BCUT2D eigenvalue weighted by atomic mass is 10.1. The molecule has 0 unspecified atom stereocenters. The number of hydrogen-bond donors (Lipinski definition) is 3. The zero-order chi connectivity index (χ0) is 15.4. The fourth-order valence-corrected chi connectivity index (χ4v) is 1.90. The van der Waals surface area contributed by atoms with Crippen LogP contribution in [0.2, 0.25) is 5.02 Å². The smallest absolute Gasteiger partial charge is 0.282 e. The number of benzene rings is 2. The van der Waals surface area contributed by atoms with E-state index in [0.717, 1.165) is 0 Å². The Morgan fingerprint density at radius 3 is 2.57 bits per heavy atom. The lowest BCUT2D eigenvalue weighted by Gasteiger charge is -2.08. The number of anilines is 2. The fourth-order valence-electron chi connectivity index (χ4n) is 1.72. The zero-order valence-corrected chi connectivity index (χ0v) is 11.4. The van der Waals surface area contributed by atoms with E-state index in [4.69, 9.17) is 17.4 Å². The number of carbonyl (C=O) groups excluding carboxylic acids is 1. The first-order chi connectivity index (χ1) is 10.0. The topological polar surface area (TPSA) is 110 Å². The number of nitro groups is 1. The van der Waals surface area contributed by atoms with E-state index >= 15 is 0 Å². The number of nitrogens with zero attached hydrogens (tertiary/aromatic N) is 1. The Morgan fingerprint density at radius 1 is 1.24 bits per heavy atom. The molecular formula is C13H11ClN4O3. The monoisotopic (exact) mass is 306 g/mol. The third kappa shape index (κ3) is 3.28. The van der Waals surface area contributed by atoms with Crippen LogP contribution in [0.3, 0.4) is 0 Å². The Hall–Kier alpha value is -2.64. The number of amides is 1. The summed E-state index contributed by atoms with van der Waals surface area (Å²) in [4.78, 5) is 22.6. The molecule has 2 aromatic rings. The van der Waals surface area contributed by atoms with Gasteiger partial charge in [-0.25, -0.2) is 0 Å². The Bertz CT molecular complexity index is 706. The van der Waals surface area contributed by atoms with Crippen LogP contribution in [0, 0.1) is 10.1 Å². The molecule has 0 aliphatic rings. The molecule has 0 aliphatic carbocycles. The number of rotatable bonds is 4. The normalized spacial score (nSPS) is 10.0. The summed E-state index contributed by atoms with van der Waals surface area (Å²) in [5.41, 5.74) is 2.64. The molecule has 21 heavy (non-hydrogen) atoms. The maximum atomic E-state index is 12.2. The van der Waals surface area contributed by atoms with Crippen LogP contribution in [0.5, 0.6) is 0 Å². The molecule has 0 aliphatic heterocycles. The SMILES string of the molecule is NNc1ccc([N+](=O)[O-])c(C(=O)Nc2ccccc2Cl)c1. The van der Waals surface area contributed by atoms with E-state index in [-0.39, 0.29) is 11.3 Å². The van der Waals surface area contributed by atoms with Crippen molar-refractivity contribution < 1.29 is 9.72 Å². The van der Waals surface area contributed by atoms with E-state index in [1.54, 1.807) is 24.3 Å². The number of carbonyl (C=O) groups is 1. The molecule has 0 saturated heterocycles. The summed E-state index contributed by atoms with van der Waals surface area (Å²) in [6.45, 7) is 0. The Kier molecular flexibility index (Phi) is 4.36. The Morgan fingerprint density at radius 2 is 1.95 bits per heavy atom. The van der Waals surface area contributed by atoms with Gasteiger partial charge in [-0.3, -0.25) is 20.8 Å². The van der Waals surface area contributed by atoms with E-state index < -0.39 is 10.8 Å². The summed E-state index contributed by atoms with van der Waals surface area (Å²) in [5, 5.41) is 13.9. The summed E-state index contributed by atoms with van der Waals surface area (Å²) in [7, 11) is 0. The second-order valence-corrected chi connectivity index (χ2v) is 4.47. The molecule has 2 aromatic carbocycles. The molecule has 4 N–H and O–H groups in total. The average molecular weight is 307 g/mol. The van der Waals surface area contributed by atoms with E-state index in [9.17, 15) is 14.9 Å². The molecule has 0 saturated carbocycles. The van der Waals surface area contributed by atoms with Crippen molar-refractivity contribution in [3.05, 3.63) is 63.2 Å². The van der Waals surface area contributed by atoms with Crippen molar-refractivity contribution in [1.82, 2.24) is 0 Å². The van der Waals surface area contributed by atoms with Crippen molar-refractivity contribution in [2.45, 2.75) is 0 Å². The molecule has 108 valence electrons. The third-order valence-corrected chi connectivity index (χ3v) is 3.06. The average Bonchev–Trinajstić information content (AvgIpc) is 2.48. The zero-order valence-electron chi connectivity index (χ0n) is 10.7. The molecule has 2 rings (SSSR count). The van der Waals surface area contributed by atoms with Crippen molar-refractivity contribution in [3.8, 4) is 0 Å². The second kappa shape index (κ2) is 6.21. The minimum atomic E-state index is -0.646. The molecule has 0 aromatic heterocycles. The van der Waals surface area contributed by atoms with Gasteiger partial charge in [0.25, 0.3) is 11.6 Å². The van der Waals surface area contributed by atoms with Crippen LogP contribution in [0.4, 0.5) is 17.1 Å². The maximum Gasteiger partial charge on any atom is 0.282 e. The van der Waals surface area contributed by atoms with Gasteiger partial charge in [-0.15, -0.1) is 0 Å². The highest BCUT2D eigenvalue weighted by atomic mass is 35.5. The highest BCUT2D eigenvalue weighted by molar-refractivity contribution is 6.34. The minimum Gasteiger partial charge on any atom is -0.324 e. The number of nitrogens with one attached hydrogen (secondary N) is 2. The number of nitrogen functional groups attached to an aromatic ring is 1. The number of hydrogen-bond acceptors (Lipinski definition) is 5. The molecule has 0 bridgehead atoms. The lowest BCUT2D eigenvalue weighted by Crippen LogP contribution is -2.15. The van der Waals surface area contributed by atoms with Crippen molar-refractivity contribution in [2.24, 2.45) is 5.84 Å². The Labute approximate surface area is 124 Å².